The molecule has 0 saturated heterocycles. The van der Waals surface area contributed by atoms with E-state index < -0.39 is 11.6 Å². The lowest BCUT2D eigenvalue weighted by Gasteiger charge is -2.02. The van der Waals surface area contributed by atoms with E-state index in [4.69, 9.17) is 5.11 Å². The average Bonchev–Trinajstić information content (AvgIpc) is 2.61. The average molecular weight is 252 g/mol. The van der Waals surface area contributed by atoms with Crippen molar-refractivity contribution >= 4 is 0 Å². The lowest BCUT2D eigenvalue weighted by Crippen LogP contribution is -2.01. The minimum absolute atomic E-state index is 0.0324. The number of rotatable bonds is 3. The van der Waals surface area contributed by atoms with Gasteiger partial charge in [-0.2, -0.15) is 0 Å². The summed E-state index contributed by atoms with van der Waals surface area (Å²) in [6.07, 6.45) is 0.383. The molecule has 0 atom stereocenters. The van der Waals surface area contributed by atoms with Crippen LogP contribution in [0.15, 0.2) is 18.2 Å². The van der Waals surface area contributed by atoms with Crippen molar-refractivity contribution in [3.63, 3.8) is 0 Å². The van der Waals surface area contributed by atoms with E-state index in [9.17, 15) is 8.78 Å². The van der Waals surface area contributed by atoms with Crippen LogP contribution in [0.3, 0.4) is 0 Å². The van der Waals surface area contributed by atoms with Crippen molar-refractivity contribution in [2.24, 2.45) is 7.05 Å². The van der Waals surface area contributed by atoms with Gasteiger partial charge < -0.3 is 9.67 Å². The number of hydrogen-bond acceptors (Lipinski definition) is 2. The van der Waals surface area contributed by atoms with Gasteiger partial charge in [0.25, 0.3) is 0 Å². The molecule has 0 amide bonds. The van der Waals surface area contributed by atoms with Gasteiger partial charge in [-0.25, -0.2) is 13.8 Å². The first-order chi connectivity index (χ1) is 8.54. The van der Waals surface area contributed by atoms with Crippen LogP contribution < -0.4 is 0 Å². The molecular formula is C13H14F2N2O. The van der Waals surface area contributed by atoms with E-state index in [0.29, 0.717) is 17.9 Å². The molecule has 0 aliphatic carbocycles. The number of nitrogens with zero attached hydrogens (tertiary/aromatic N) is 2. The molecule has 1 N–H and O–H groups in total. The summed E-state index contributed by atoms with van der Waals surface area (Å²) in [5.74, 6) is -0.359. The highest BCUT2D eigenvalue weighted by molar-refractivity contribution is 5.63. The molecule has 1 aromatic heterocycles. The van der Waals surface area contributed by atoms with Crippen LogP contribution in [0.2, 0.25) is 0 Å². The highest BCUT2D eigenvalue weighted by Gasteiger charge is 2.16. The molecule has 2 aromatic rings. The molecule has 0 aliphatic heterocycles. The third-order valence-corrected chi connectivity index (χ3v) is 2.99. The Morgan fingerprint density at radius 3 is 2.72 bits per heavy atom. The highest BCUT2D eigenvalue weighted by Crippen LogP contribution is 2.26. The molecule has 1 heterocycles. The first-order valence-electron chi connectivity index (χ1n) is 5.63. The second-order valence-electron chi connectivity index (χ2n) is 4.12. The fraction of sp³-hybridized carbons (Fsp3) is 0.308. The van der Waals surface area contributed by atoms with Crippen LogP contribution in [0, 0.1) is 18.6 Å². The fourth-order valence-corrected chi connectivity index (χ4v) is 1.90. The van der Waals surface area contributed by atoms with Crippen LogP contribution in [0.4, 0.5) is 8.78 Å². The zero-order chi connectivity index (χ0) is 13.3. The first kappa shape index (κ1) is 12.7. The van der Waals surface area contributed by atoms with E-state index in [-0.39, 0.29) is 12.2 Å². The summed E-state index contributed by atoms with van der Waals surface area (Å²) in [7, 11) is 1.79. The normalized spacial score (nSPS) is 10.9. The number of aliphatic hydroxyl groups is 1. The summed E-state index contributed by atoms with van der Waals surface area (Å²) in [6.45, 7) is 1.75. The van der Waals surface area contributed by atoms with Gasteiger partial charge in [0.05, 0.1) is 12.3 Å². The van der Waals surface area contributed by atoms with Gasteiger partial charge in [-0.15, -0.1) is 0 Å². The molecule has 0 aliphatic rings. The number of hydrogen-bond donors (Lipinski definition) is 1. The van der Waals surface area contributed by atoms with Crippen LogP contribution in [0.5, 0.6) is 0 Å². The Balaban J connectivity index is 2.57. The largest absolute Gasteiger partial charge is 0.396 e. The van der Waals surface area contributed by atoms with E-state index in [0.717, 1.165) is 23.9 Å². The predicted octanol–water partition coefficient (Wildman–Crippen LogP) is 2.21. The Morgan fingerprint density at radius 1 is 1.33 bits per heavy atom. The molecule has 0 bridgehead atoms. The third kappa shape index (κ3) is 2.13. The van der Waals surface area contributed by atoms with Crippen LogP contribution >= 0.6 is 0 Å². The minimum Gasteiger partial charge on any atom is -0.396 e. The highest BCUT2D eigenvalue weighted by atomic mass is 19.1. The maximum Gasteiger partial charge on any atom is 0.132 e. The number of halogens is 2. The Kier molecular flexibility index (Phi) is 3.43. The molecule has 0 fully saturated rings. The molecule has 3 nitrogen and oxygen atoms in total. The Morgan fingerprint density at radius 2 is 2.06 bits per heavy atom. The number of aliphatic hydroxyl groups excluding tert-OH is 1. The number of imidazole rings is 1. The summed E-state index contributed by atoms with van der Waals surface area (Å²) in [6, 6.07) is 3.30. The fourth-order valence-electron chi connectivity index (χ4n) is 1.90. The van der Waals surface area contributed by atoms with Crippen LogP contribution in [-0.2, 0) is 13.5 Å². The predicted molar refractivity (Wildman–Crippen MR) is 64.1 cm³/mol. The van der Waals surface area contributed by atoms with E-state index in [1.165, 1.54) is 0 Å². The second kappa shape index (κ2) is 4.86. The van der Waals surface area contributed by atoms with Crippen molar-refractivity contribution in [3.8, 4) is 11.3 Å². The van der Waals surface area contributed by atoms with Crippen molar-refractivity contribution in [2.45, 2.75) is 13.3 Å². The van der Waals surface area contributed by atoms with Gasteiger partial charge in [-0.3, -0.25) is 0 Å². The molecule has 5 heteroatoms. The van der Waals surface area contributed by atoms with Crippen molar-refractivity contribution in [2.75, 3.05) is 6.61 Å². The minimum atomic E-state index is -0.506. The van der Waals surface area contributed by atoms with E-state index in [1.54, 1.807) is 18.5 Å². The monoisotopic (exact) mass is 252 g/mol. The van der Waals surface area contributed by atoms with Gasteiger partial charge in [0.15, 0.2) is 0 Å². The lowest BCUT2D eigenvalue weighted by atomic mass is 10.1. The topological polar surface area (TPSA) is 38.1 Å². The summed E-state index contributed by atoms with van der Waals surface area (Å²) >= 11 is 0. The molecule has 18 heavy (non-hydrogen) atoms. The standard InChI is InChI=1S/C13H14F2N2O/c1-8-13(16-12(5-6-18)17(8)2)10-7-9(14)3-4-11(10)15/h3-4,7,18H,5-6H2,1-2H3. The molecule has 1 aromatic carbocycles. The zero-order valence-corrected chi connectivity index (χ0v) is 10.2. The van der Waals surface area contributed by atoms with Crippen LogP contribution in [0.1, 0.15) is 11.5 Å². The maximum absolute atomic E-state index is 13.7. The Hall–Kier alpha value is -1.75. The maximum atomic E-state index is 13.7. The van der Waals surface area contributed by atoms with E-state index in [1.807, 2.05) is 0 Å². The summed E-state index contributed by atoms with van der Waals surface area (Å²) in [5.41, 5.74) is 1.30. The van der Waals surface area contributed by atoms with Crippen molar-refractivity contribution in [1.82, 2.24) is 9.55 Å². The summed E-state index contributed by atoms with van der Waals surface area (Å²) in [4.78, 5) is 4.27. The Bertz CT molecular complexity index is 579. The van der Waals surface area contributed by atoms with Gasteiger partial charge >= 0.3 is 0 Å². The Labute approximate surface area is 104 Å². The SMILES string of the molecule is Cc1c(-c2cc(F)ccc2F)nc(CCO)n1C. The van der Waals surface area contributed by atoms with E-state index >= 15 is 0 Å². The van der Waals surface area contributed by atoms with Crippen molar-refractivity contribution in [1.29, 1.82) is 0 Å². The quantitative estimate of drug-likeness (QED) is 0.909. The molecule has 96 valence electrons. The molecule has 0 spiro atoms. The smallest absolute Gasteiger partial charge is 0.132 e. The molecule has 2 rings (SSSR count). The molecule has 0 unspecified atom stereocenters. The van der Waals surface area contributed by atoms with Gasteiger partial charge in [0, 0.05) is 24.7 Å². The van der Waals surface area contributed by atoms with Gasteiger partial charge in [-0.05, 0) is 25.1 Å². The van der Waals surface area contributed by atoms with Gasteiger partial charge in [-0.1, -0.05) is 0 Å². The van der Waals surface area contributed by atoms with E-state index in [2.05, 4.69) is 4.98 Å². The van der Waals surface area contributed by atoms with Crippen molar-refractivity contribution in [3.05, 3.63) is 41.4 Å². The number of benzene rings is 1. The third-order valence-electron chi connectivity index (χ3n) is 2.99. The van der Waals surface area contributed by atoms with Crippen LogP contribution in [-0.4, -0.2) is 21.3 Å². The van der Waals surface area contributed by atoms with Gasteiger partial charge in [0.1, 0.15) is 17.5 Å². The summed E-state index contributed by atoms with van der Waals surface area (Å²) in [5, 5.41) is 8.93. The molecule has 0 saturated carbocycles. The second-order valence-corrected chi connectivity index (χ2v) is 4.12. The van der Waals surface area contributed by atoms with Crippen LogP contribution in [0.25, 0.3) is 11.3 Å². The van der Waals surface area contributed by atoms with Gasteiger partial charge in [0.2, 0.25) is 0 Å². The lowest BCUT2D eigenvalue weighted by molar-refractivity contribution is 0.295. The first-order valence-corrected chi connectivity index (χ1v) is 5.63. The number of aromatic nitrogens is 2. The zero-order valence-electron chi connectivity index (χ0n) is 10.2. The molecule has 0 radical (unpaired) electrons. The van der Waals surface area contributed by atoms with Crippen molar-refractivity contribution < 1.29 is 13.9 Å². The summed E-state index contributed by atoms with van der Waals surface area (Å²) < 4.78 is 28.6. The molecular weight excluding hydrogens is 238 g/mol.